The van der Waals surface area contributed by atoms with Gasteiger partial charge in [0.15, 0.2) is 0 Å². The molecule has 0 radical (unpaired) electrons. The van der Waals surface area contributed by atoms with Crippen LogP contribution in [0.4, 0.5) is 11.4 Å². The summed E-state index contributed by atoms with van der Waals surface area (Å²) in [4.78, 5) is 42.2. The first-order valence-electron chi connectivity index (χ1n) is 11.2. The topological polar surface area (TPSA) is 93.1 Å². The number of nitrogens with one attached hydrogen (secondary N) is 2. The third kappa shape index (κ3) is 4.49. The Kier molecular flexibility index (Phi) is 5.98. The third-order valence-electron chi connectivity index (χ3n) is 6.02. The van der Waals surface area contributed by atoms with Crippen LogP contribution in [0.5, 0.6) is 0 Å². The van der Waals surface area contributed by atoms with Crippen LogP contribution in [0.3, 0.4) is 0 Å². The van der Waals surface area contributed by atoms with Gasteiger partial charge in [-0.1, -0.05) is 18.2 Å². The molecule has 2 amide bonds. The summed E-state index contributed by atoms with van der Waals surface area (Å²) >= 11 is 1.44. The lowest BCUT2D eigenvalue weighted by Crippen LogP contribution is -2.27. The van der Waals surface area contributed by atoms with Crippen LogP contribution >= 0.6 is 11.3 Å². The van der Waals surface area contributed by atoms with Gasteiger partial charge in [0.05, 0.1) is 11.7 Å². The molecule has 0 bridgehead atoms. The van der Waals surface area contributed by atoms with Crippen molar-refractivity contribution in [2.75, 3.05) is 10.6 Å². The maximum absolute atomic E-state index is 13.3. The number of carbonyl (C=O) groups is 2. The van der Waals surface area contributed by atoms with Crippen molar-refractivity contribution in [1.82, 2.24) is 9.55 Å². The zero-order valence-electron chi connectivity index (χ0n) is 18.8. The fraction of sp³-hybridized carbons (Fsp3) is 0.231. The molecule has 0 fully saturated rings. The predicted octanol–water partition coefficient (Wildman–Crippen LogP) is 4.60. The Balaban J connectivity index is 1.38. The van der Waals surface area contributed by atoms with E-state index in [1.807, 2.05) is 5.38 Å². The molecule has 2 aromatic heterocycles. The van der Waals surface area contributed by atoms with Crippen molar-refractivity contribution in [1.29, 1.82) is 0 Å². The number of hydrogen-bond donors (Lipinski definition) is 2. The summed E-state index contributed by atoms with van der Waals surface area (Å²) in [6.07, 6.45) is 6.03. The Bertz CT molecular complexity index is 1450. The molecule has 172 valence electrons. The average Bonchev–Trinajstić information content (AvgIpc) is 3.26. The van der Waals surface area contributed by atoms with Gasteiger partial charge < -0.3 is 10.6 Å². The van der Waals surface area contributed by atoms with Crippen molar-refractivity contribution in [2.24, 2.45) is 0 Å². The number of nitrogens with zero attached hydrogens (tertiary/aromatic N) is 2. The molecule has 0 saturated heterocycles. The Morgan fingerprint density at radius 3 is 2.44 bits per heavy atom. The standard InChI is InChI=1S/C26H24N4O3S/c1-16(31)28-20-8-10-21(11-9-20)29-23(32)13-30-15-27-25-24(26(30)33)22(14-34-25)19-7-6-17-4-2-3-5-18(17)12-19/h6-12,14-15H,2-5,13H2,1H3,(H,28,31)(H,29,32). The van der Waals surface area contributed by atoms with E-state index in [2.05, 4.69) is 33.8 Å². The molecule has 0 unspecified atom stereocenters. The Morgan fingerprint density at radius 2 is 1.71 bits per heavy atom. The molecule has 2 aromatic carbocycles. The summed E-state index contributed by atoms with van der Waals surface area (Å²) in [5.74, 6) is -0.497. The molecular formula is C26H24N4O3S. The quantitative estimate of drug-likeness (QED) is 0.444. The number of fused-ring (bicyclic) bond motifs is 2. The summed E-state index contributed by atoms with van der Waals surface area (Å²) in [6.45, 7) is 1.29. The van der Waals surface area contributed by atoms with E-state index < -0.39 is 0 Å². The molecule has 0 aliphatic heterocycles. The van der Waals surface area contributed by atoms with Gasteiger partial charge in [-0.2, -0.15) is 0 Å². The van der Waals surface area contributed by atoms with Crippen LogP contribution < -0.4 is 16.2 Å². The minimum absolute atomic E-state index is 0.144. The van der Waals surface area contributed by atoms with E-state index in [1.54, 1.807) is 24.3 Å². The highest BCUT2D eigenvalue weighted by Crippen LogP contribution is 2.33. The summed E-state index contributed by atoms with van der Waals surface area (Å²) < 4.78 is 1.35. The molecule has 5 rings (SSSR count). The minimum atomic E-state index is -0.332. The maximum Gasteiger partial charge on any atom is 0.263 e. The molecule has 2 heterocycles. The van der Waals surface area contributed by atoms with E-state index >= 15 is 0 Å². The van der Waals surface area contributed by atoms with Crippen LogP contribution in [0.1, 0.15) is 30.9 Å². The smallest absolute Gasteiger partial charge is 0.263 e. The van der Waals surface area contributed by atoms with Gasteiger partial charge in [-0.3, -0.25) is 19.0 Å². The van der Waals surface area contributed by atoms with E-state index in [0.29, 0.717) is 21.6 Å². The van der Waals surface area contributed by atoms with Crippen LogP contribution in [0.2, 0.25) is 0 Å². The second-order valence-corrected chi connectivity index (χ2v) is 9.36. The van der Waals surface area contributed by atoms with Crippen LogP contribution in [-0.4, -0.2) is 21.4 Å². The lowest BCUT2D eigenvalue weighted by molar-refractivity contribution is -0.117. The second kappa shape index (κ2) is 9.23. The predicted molar refractivity (Wildman–Crippen MR) is 135 cm³/mol. The molecule has 4 aromatic rings. The number of carbonyl (C=O) groups excluding carboxylic acids is 2. The maximum atomic E-state index is 13.3. The van der Waals surface area contributed by atoms with Crippen molar-refractivity contribution in [3.8, 4) is 11.1 Å². The summed E-state index contributed by atoms with van der Waals surface area (Å²) in [5.41, 5.74) is 5.63. The van der Waals surface area contributed by atoms with Crippen LogP contribution in [0.15, 0.2) is 59.0 Å². The van der Waals surface area contributed by atoms with Crippen LogP contribution in [0.25, 0.3) is 21.3 Å². The minimum Gasteiger partial charge on any atom is -0.326 e. The average molecular weight is 473 g/mol. The van der Waals surface area contributed by atoms with Gasteiger partial charge in [0.2, 0.25) is 11.8 Å². The SMILES string of the molecule is CC(=O)Nc1ccc(NC(=O)Cn2cnc3scc(-c4ccc5c(c4)CCCC5)c3c2=O)cc1. The molecular weight excluding hydrogens is 448 g/mol. The van der Waals surface area contributed by atoms with Gasteiger partial charge in [0.1, 0.15) is 11.4 Å². The van der Waals surface area contributed by atoms with Crippen molar-refractivity contribution in [3.05, 3.63) is 75.7 Å². The molecule has 34 heavy (non-hydrogen) atoms. The van der Waals surface area contributed by atoms with Gasteiger partial charge in [0.25, 0.3) is 5.56 Å². The molecule has 0 spiro atoms. The normalized spacial score (nSPS) is 12.9. The number of hydrogen-bond acceptors (Lipinski definition) is 5. The fourth-order valence-corrected chi connectivity index (χ4v) is 5.30. The molecule has 2 N–H and O–H groups in total. The first kappa shape index (κ1) is 22.0. The Labute approximate surface area is 200 Å². The monoisotopic (exact) mass is 472 g/mol. The number of aryl methyl sites for hydroxylation is 2. The summed E-state index contributed by atoms with van der Waals surface area (Å²) in [6, 6.07) is 13.2. The van der Waals surface area contributed by atoms with Gasteiger partial charge >= 0.3 is 0 Å². The number of anilines is 2. The van der Waals surface area contributed by atoms with E-state index in [9.17, 15) is 14.4 Å². The van der Waals surface area contributed by atoms with Crippen molar-refractivity contribution < 1.29 is 9.59 Å². The molecule has 0 atom stereocenters. The number of amides is 2. The zero-order chi connectivity index (χ0) is 23.7. The van der Waals surface area contributed by atoms with Crippen molar-refractivity contribution in [3.63, 3.8) is 0 Å². The summed E-state index contributed by atoms with van der Waals surface area (Å²) in [7, 11) is 0. The van der Waals surface area contributed by atoms with Gasteiger partial charge in [-0.05, 0) is 66.6 Å². The fourth-order valence-electron chi connectivity index (χ4n) is 4.39. The lowest BCUT2D eigenvalue weighted by atomic mass is 9.89. The van der Waals surface area contributed by atoms with Crippen LogP contribution in [0, 0.1) is 0 Å². The molecule has 1 aliphatic rings. The number of thiophene rings is 1. The Morgan fingerprint density at radius 1 is 1.00 bits per heavy atom. The number of rotatable bonds is 5. The highest BCUT2D eigenvalue weighted by atomic mass is 32.1. The molecule has 8 heteroatoms. The van der Waals surface area contributed by atoms with E-state index in [0.717, 1.165) is 24.0 Å². The second-order valence-electron chi connectivity index (χ2n) is 8.50. The van der Waals surface area contributed by atoms with Crippen molar-refractivity contribution >= 4 is 44.7 Å². The number of benzene rings is 2. The highest BCUT2D eigenvalue weighted by Gasteiger charge is 2.17. The van der Waals surface area contributed by atoms with Gasteiger partial charge in [-0.15, -0.1) is 11.3 Å². The van der Waals surface area contributed by atoms with Gasteiger partial charge in [-0.25, -0.2) is 4.98 Å². The first-order valence-corrected chi connectivity index (χ1v) is 12.1. The highest BCUT2D eigenvalue weighted by molar-refractivity contribution is 7.17. The van der Waals surface area contributed by atoms with E-state index in [4.69, 9.17) is 0 Å². The zero-order valence-corrected chi connectivity index (χ0v) is 19.6. The molecule has 7 nitrogen and oxygen atoms in total. The van der Waals surface area contributed by atoms with Crippen molar-refractivity contribution in [2.45, 2.75) is 39.2 Å². The largest absolute Gasteiger partial charge is 0.326 e. The Hall–Kier alpha value is -3.78. The first-order chi connectivity index (χ1) is 16.5. The molecule has 0 saturated carbocycles. The van der Waals surface area contributed by atoms with E-state index in [-0.39, 0.29) is 23.9 Å². The lowest BCUT2D eigenvalue weighted by Gasteiger charge is -2.16. The van der Waals surface area contributed by atoms with Gasteiger partial charge in [0, 0.05) is 29.2 Å². The summed E-state index contributed by atoms with van der Waals surface area (Å²) in [5, 5.41) is 7.99. The van der Waals surface area contributed by atoms with Crippen LogP contribution in [-0.2, 0) is 29.0 Å². The van der Waals surface area contributed by atoms with E-state index in [1.165, 1.54) is 53.1 Å². The molecule has 1 aliphatic carbocycles. The number of aromatic nitrogens is 2. The third-order valence-corrected chi connectivity index (χ3v) is 6.91.